The molecule has 2 aliphatic rings. The van der Waals surface area contributed by atoms with Gasteiger partial charge in [0.2, 0.25) is 10.0 Å². The van der Waals surface area contributed by atoms with Crippen molar-refractivity contribution in [3.63, 3.8) is 0 Å². The zero-order chi connectivity index (χ0) is 21.6. The summed E-state index contributed by atoms with van der Waals surface area (Å²) in [5.41, 5.74) is 1.81. The Morgan fingerprint density at radius 2 is 1.61 bits per heavy atom. The van der Waals surface area contributed by atoms with Gasteiger partial charge in [0, 0.05) is 40.5 Å². The van der Waals surface area contributed by atoms with Crippen LogP contribution in [0.25, 0.3) is 10.8 Å². The second-order valence-corrected chi connectivity index (χ2v) is 10.1. The number of para-hydroxylation sites is 1. The van der Waals surface area contributed by atoms with Gasteiger partial charge in [0.15, 0.2) is 0 Å². The molecule has 0 bridgehead atoms. The minimum Gasteiger partial charge on any atom is -0.444 e. The number of ether oxygens (including phenoxy) is 1. The van der Waals surface area contributed by atoms with Gasteiger partial charge in [-0.05, 0) is 31.0 Å². The van der Waals surface area contributed by atoms with Gasteiger partial charge in [0.05, 0.1) is 10.6 Å². The Bertz CT molecular complexity index is 1270. The molecule has 0 aromatic heterocycles. The maximum Gasteiger partial charge on any atom is 0.414 e. The molecule has 0 unspecified atom stereocenters. The van der Waals surface area contributed by atoms with Crippen molar-refractivity contribution >= 4 is 44.2 Å². The summed E-state index contributed by atoms with van der Waals surface area (Å²) in [5, 5.41) is 1.86. The third-order valence-electron chi connectivity index (χ3n) is 6.03. The molecule has 0 N–H and O–H groups in total. The van der Waals surface area contributed by atoms with E-state index in [0.29, 0.717) is 41.7 Å². The highest BCUT2D eigenvalue weighted by Crippen LogP contribution is 2.34. The van der Waals surface area contributed by atoms with E-state index in [-0.39, 0.29) is 23.6 Å². The van der Waals surface area contributed by atoms with Gasteiger partial charge in [0.1, 0.15) is 6.61 Å². The summed E-state index contributed by atoms with van der Waals surface area (Å²) in [4.78, 5) is 14.4. The highest BCUT2D eigenvalue weighted by Gasteiger charge is 2.37. The number of carbonyl (C=O) groups is 1. The van der Waals surface area contributed by atoms with Crippen LogP contribution in [0.15, 0.2) is 65.6 Å². The number of cyclic esters (lactones) is 1. The summed E-state index contributed by atoms with van der Waals surface area (Å²) in [5.74, 6) is 0. The first kappa shape index (κ1) is 20.3. The topological polar surface area (TPSA) is 66.9 Å². The second-order valence-electron chi connectivity index (χ2n) is 7.78. The molecular formula is C23H21ClN2O4S. The first-order chi connectivity index (χ1) is 15.0. The number of sulfonamides is 1. The quantitative estimate of drug-likeness (QED) is 0.567. The molecule has 6 nitrogen and oxygen atoms in total. The summed E-state index contributed by atoms with van der Waals surface area (Å²) in [7, 11) is -3.69. The number of halogens is 1. The maximum absolute atomic E-state index is 13.4. The number of amides is 1. The van der Waals surface area contributed by atoms with Crippen molar-refractivity contribution in [3.05, 3.63) is 71.2 Å². The van der Waals surface area contributed by atoms with Crippen molar-refractivity contribution in [3.8, 4) is 0 Å². The van der Waals surface area contributed by atoms with Gasteiger partial charge >= 0.3 is 6.09 Å². The van der Waals surface area contributed by atoms with Gasteiger partial charge in [0.25, 0.3) is 0 Å². The normalized spacial score (nSPS) is 18.1. The molecular weight excluding hydrogens is 436 g/mol. The monoisotopic (exact) mass is 456 g/mol. The number of hydrogen-bond donors (Lipinski definition) is 0. The third-order valence-corrected chi connectivity index (χ3v) is 8.32. The van der Waals surface area contributed by atoms with E-state index >= 15 is 0 Å². The Morgan fingerprint density at radius 3 is 2.42 bits per heavy atom. The predicted molar refractivity (Wildman–Crippen MR) is 120 cm³/mol. The smallest absolute Gasteiger partial charge is 0.414 e. The lowest BCUT2D eigenvalue weighted by atomic mass is 10.0. The molecule has 1 saturated heterocycles. The highest BCUT2D eigenvalue weighted by atomic mass is 35.5. The first-order valence-corrected chi connectivity index (χ1v) is 12.0. The van der Waals surface area contributed by atoms with Crippen molar-refractivity contribution in [2.45, 2.75) is 30.4 Å². The van der Waals surface area contributed by atoms with Gasteiger partial charge in [-0.25, -0.2) is 13.2 Å². The molecule has 3 aromatic carbocycles. The van der Waals surface area contributed by atoms with Crippen LogP contribution in [0.5, 0.6) is 0 Å². The standard InChI is InChI=1S/C23H21ClN2O4S/c24-20-8-3-7-19-18(20)6-4-10-22(19)31(28,29)25-13-11-17(12-14-25)26-21-9-2-1-5-16(21)15-30-23(26)27/h1-10,17H,11-15H2. The fourth-order valence-corrected chi connectivity index (χ4v) is 6.38. The van der Waals surface area contributed by atoms with E-state index in [2.05, 4.69) is 0 Å². The number of hydrogen-bond acceptors (Lipinski definition) is 4. The molecule has 8 heteroatoms. The van der Waals surface area contributed by atoms with E-state index in [1.54, 1.807) is 35.2 Å². The Morgan fingerprint density at radius 1 is 0.903 bits per heavy atom. The minimum atomic E-state index is -3.69. The van der Waals surface area contributed by atoms with Crippen LogP contribution >= 0.6 is 11.6 Å². The zero-order valence-corrected chi connectivity index (χ0v) is 18.3. The van der Waals surface area contributed by atoms with Gasteiger partial charge < -0.3 is 4.74 Å². The first-order valence-electron chi connectivity index (χ1n) is 10.2. The second kappa shape index (κ2) is 7.82. The van der Waals surface area contributed by atoms with Crippen LogP contribution in [0, 0.1) is 0 Å². The maximum atomic E-state index is 13.4. The molecule has 3 aromatic rings. The number of benzene rings is 3. The number of carbonyl (C=O) groups excluding carboxylic acids is 1. The van der Waals surface area contributed by atoms with Crippen LogP contribution in [-0.2, 0) is 21.4 Å². The number of piperidine rings is 1. The predicted octanol–water partition coefficient (Wildman–Crippen LogP) is 4.80. The van der Waals surface area contributed by atoms with Crippen molar-refractivity contribution in [2.24, 2.45) is 0 Å². The Hall–Kier alpha value is -2.61. The lowest BCUT2D eigenvalue weighted by Gasteiger charge is -2.39. The summed E-state index contributed by atoms with van der Waals surface area (Å²) < 4.78 is 33.7. The average Bonchev–Trinajstić information content (AvgIpc) is 2.79. The third kappa shape index (κ3) is 3.46. The molecule has 160 valence electrons. The van der Waals surface area contributed by atoms with E-state index < -0.39 is 10.0 Å². The Balaban J connectivity index is 1.40. The Labute approximate surface area is 186 Å². The van der Waals surface area contributed by atoms with Gasteiger partial charge in [-0.3, -0.25) is 4.90 Å². The molecule has 1 amide bonds. The number of anilines is 1. The van der Waals surface area contributed by atoms with Crippen molar-refractivity contribution < 1.29 is 17.9 Å². The SMILES string of the molecule is O=C1OCc2ccccc2N1C1CCN(S(=O)(=O)c2cccc3c(Cl)cccc23)CC1. The average molecular weight is 457 g/mol. The summed E-state index contributed by atoms with van der Waals surface area (Å²) in [6.45, 7) is 0.925. The van der Waals surface area contributed by atoms with Crippen LogP contribution in [0.3, 0.4) is 0 Å². The Kier molecular flexibility index (Phi) is 5.12. The van der Waals surface area contributed by atoms with E-state index in [1.807, 2.05) is 30.3 Å². The van der Waals surface area contributed by atoms with E-state index in [4.69, 9.17) is 16.3 Å². The van der Waals surface area contributed by atoms with Crippen molar-refractivity contribution in [2.75, 3.05) is 18.0 Å². The fourth-order valence-electron chi connectivity index (χ4n) is 4.47. The lowest BCUT2D eigenvalue weighted by Crippen LogP contribution is -2.50. The van der Waals surface area contributed by atoms with Crippen LogP contribution in [-0.4, -0.2) is 37.9 Å². The molecule has 0 radical (unpaired) electrons. The lowest BCUT2D eigenvalue weighted by molar-refractivity contribution is 0.136. The fraction of sp³-hybridized carbons (Fsp3) is 0.261. The molecule has 5 rings (SSSR count). The van der Waals surface area contributed by atoms with Gasteiger partial charge in [-0.2, -0.15) is 4.31 Å². The minimum absolute atomic E-state index is 0.109. The molecule has 0 aliphatic carbocycles. The highest BCUT2D eigenvalue weighted by molar-refractivity contribution is 7.89. The summed E-state index contributed by atoms with van der Waals surface area (Å²) >= 11 is 6.27. The molecule has 2 aliphatic heterocycles. The van der Waals surface area contributed by atoms with Crippen molar-refractivity contribution in [1.29, 1.82) is 0 Å². The van der Waals surface area contributed by atoms with Gasteiger partial charge in [-0.1, -0.05) is 54.1 Å². The zero-order valence-electron chi connectivity index (χ0n) is 16.7. The molecule has 2 heterocycles. The molecule has 0 atom stereocenters. The van der Waals surface area contributed by atoms with Crippen LogP contribution < -0.4 is 4.90 Å². The number of fused-ring (bicyclic) bond motifs is 2. The number of rotatable bonds is 3. The molecule has 31 heavy (non-hydrogen) atoms. The van der Waals surface area contributed by atoms with E-state index in [9.17, 15) is 13.2 Å². The van der Waals surface area contributed by atoms with Crippen LogP contribution in [0.1, 0.15) is 18.4 Å². The van der Waals surface area contributed by atoms with Gasteiger partial charge in [-0.15, -0.1) is 0 Å². The van der Waals surface area contributed by atoms with Crippen molar-refractivity contribution in [1.82, 2.24) is 4.31 Å². The summed E-state index contributed by atoms with van der Waals surface area (Å²) in [6.07, 6.45) is 0.700. The van der Waals surface area contributed by atoms with Crippen LogP contribution in [0.4, 0.5) is 10.5 Å². The largest absolute Gasteiger partial charge is 0.444 e. The van der Waals surface area contributed by atoms with E-state index in [1.165, 1.54) is 4.31 Å². The molecule has 0 spiro atoms. The van der Waals surface area contributed by atoms with Crippen LogP contribution in [0.2, 0.25) is 5.02 Å². The summed E-state index contributed by atoms with van der Waals surface area (Å²) in [6, 6.07) is 18.0. The number of nitrogens with zero attached hydrogens (tertiary/aromatic N) is 2. The molecule has 0 saturated carbocycles. The van der Waals surface area contributed by atoms with E-state index in [0.717, 1.165) is 11.3 Å². The molecule has 1 fully saturated rings.